The highest BCUT2D eigenvalue weighted by Crippen LogP contribution is 2.27. The predicted octanol–water partition coefficient (Wildman–Crippen LogP) is 0.590. The summed E-state index contributed by atoms with van der Waals surface area (Å²) in [6.45, 7) is 0. The van der Waals surface area contributed by atoms with E-state index in [1.165, 1.54) is 6.07 Å². The number of nitrogens with zero attached hydrogens (tertiary/aromatic N) is 1. The molecule has 1 aliphatic heterocycles. The smallest absolute Gasteiger partial charge is 0.337 e. The molecular formula is C12H16N2O4S. The Morgan fingerprint density at radius 3 is 2.68 bits per heavy atom. The van der Waals surface area contributed by atoms with E-state index in [1.54, 1.807) is 24.1 Å². The molecule has 0 amide bonds. The van der Waals surface area contributed by atoms with Crippen molar-refractivity contribution in [2.24, 2.45) is 0 Å². The lowest BCUT2D eigenvalue weighted by atomic mass is 10.1. The number of carboxylic acids is 1. The highest BCUT2D eigenvalue weighted by molar-refractivity contribution is 7.91. The molecule has 0 aromatic heterocycles. The maximum atomic E-state index is 11.5. The van der Waals surface area contributed by atoms with Crippen LogP contribution in [0.15, 0.2) is 18.2 Å². The Bertz CT molecular complexity index is 612. The van der Waals surface area contributed by atoms with E-state index in [0.717, 1.165) is 0 Å². The second kappa shape index (κ2) is 4.73. The summed E-state index contributed by atoms with van der Waals surface area (Å²) in [5, 5.41) is 9.18. The summed E-state index contributed by atoms with van der Waals surface area (Å²) in [6, 6.07) is 4.43. The fourth-order valence-corrected chi connectivity index (χ4v) is 4.08. The molecule has 1 saturated heterocycles. The highest BCUT2D eigenvalue weighted by Gasteiger charge is 2.32. The maximum Gasteiger partial charge on any atom is 0.337 e. The van der Waals surface area contributed by atoms with Crippen molar-refractivity contribution in [3.63, 3.8) is 0 Å². The molecule has 3 N–H and O–H groups in total. The van der Waals surface area contributed by atoms with Gasteiger partial charge in [-0.3, -0.25) is 0 Å². The first-order valence-corrected chi connectivity index (χ1v) is 7.68. The van der Waals surface area contributed by atoms with Gasteiger partial charge in [0.25, 0.3) is 0 Å². The largest absolute Gasteiger partial charge is 0.478 e. The van der Waals surface area contributed by atoms with Crippen molar-refractivity contribution in [3.8, 4) is 0 Å². The molecule has 1 heterocycles. The number of rotatable bonds is 3. The number of hydrogen-bond donors (Lipinski definition) is 2. The molecule has 1 aromatic carbocycles. The van der Waals surface area contributed by atoms with E-state index in [1.807, 2.05) is 0 Å². The number of nitrogen functional groups attached to an aromatic ring is 1. The molecule has 0 saturated carbocycles. The molecule has 7 heteroatoms. The van der Waals surface area contributed by atoms with Crippen LogP contribution in [0.5, 0.6) is 0 Å². The Kier molecular flexibility index (Phi) is 3.40. The molecular weight excluding hydrogens is 268 g/mol. The van der Waals surface area contributed by atoms with E-state index in [-0.39, 0.29) is 23.1 Å². The first kappa shape index (κ1) is 13.7. The van der Waals surface area contributed by atoms with E-state index < -0.39 is 15.8 Å². The van der Waals surface area contributed by atoms with Crippen LogP contribution in [0.1, 0.15) is 16.8 Å². The van der Waals surface area contributed by atoms with Gasteiger partial charge < -0.3 is 15.7 Å². The summed E-state index contributed by atoms with van der Waals surface area (Å²) < 4.78 is 23.0. The normalized spacial score (nSPS) is 21.2. The molecule has 6 nitrogen and oxygen atoms in total. The lowest BCUT2D eigenvalue weighted by Crippen LogP contribution is -2.33. The molecule has 19 heavy (non-hydrogen) atoms. The van der Waals surface area contributed by atoms with Crippen molar-refractivity contribution < 1.29 is 18.3 Å². The van der Waals surface area contributed by atoms with Crippen LogP contribution in [0.3, 0.4) is 0 Å². The van der Waals surface area contributed by atoms with Gasteiger partial charge in [-0.15, -0.1) is 0 Å². The number of benzene rings is 1. The van der Waals surface area contributed by atoms with E-state index >= 15 is 0 Å². The average Bonchev–Trinajstić information content (AvgIpc) is 2.68. The Morgan fingerprint density at radius 1 is 1.47 bits per heavy atom. The summed E-state index contributed by atoms with van der Waals surface area (Å²) in [5.74, 6) is -0.859. The van der Waals surface area contributed by atoms with Crippen molar-refractivity contribution in [1.29, 1.82) is 0 Å². The minimum absolute atomic E-state index is 0.0624. The zero-order chi connectivity index (χ0) is 14.2. The molecule has 0 spiro atoms. The standard InChI is InChI=1S/C12H16N2O4S/c1-14(9-4-5-19(17,18)7-9)11-3-2-8(13)6-10(11)12(15)16/h2-3,6,9H,4-5,7,13H2,1H3,(H,15,16). The van der Waals surface area contributed by atoms with Crippen LogP contribution in [-0.4, -0.2) is 44.1 Å². The molecule has 0 bridgehead atoms. The molecule has 1 fully saturated rings. The SMILES string of the molecule is CN(c1ccc(N)cc1C(=O)O)C1CCS(=O)(=O)C1. The second-order valence-corrected chi connectivity index (χ2v) is 6.98. The maximum absolute atomic E-state index is 11.5. The zero-order valence-electron chi connectivity index (χ0n) is 10.5. The van der Waals surface area contributed by atoms with Crippen LogP contribution < -0.4 is 10.6 Å². The summed E-state index contributed by atoms with van der Waals surface area (Å²) in [5.41, 5.74) is 6.53. The van der Waals surface area contributed by atoms with Gasteiger partial charge in [0.2, 0.25) is 0 Å². The van der Waals surface area contributed by atoms with Crippen LogP contribution in [0.4, 0.5) is 11.4 Å². The molecule has 104 valence electrons. The van der Waals surface area contributed by atoms with Gasteiger partial charge >= 0.3 is 5.97 Å². The van der Waals surface area contributed by atoms with Crippen LogP contribution >= 0.6 is 0 Å². The number of carboxylic acid groups (broad SMARTS) is 1. The Hall–Kier alpha value is -1.76. The van der Waals surface area contributed by atoms with Gasteiger partial charge in [-0.05, 0) is 24.6 Å². The molecule has 1 atom stereocenters. The van der Waals surface area contributed by atoms with Crippen LogP contribution in [0.25, 0.3) is 0 Å². The fourth-order valence-electron chi connectivity index (χ4n) is 2.31. The van der Waals surface area contributed by atoms with Gasteiger partial charge in [-0.25, -0.2) is 13.2 Å². The average molecular weight is 284 g/mol. The first-order chi connectivity index (χ1) is 8.80. The summed E-state index contributed by atoms with van der Waals surface area (Å²) in [7, 11) is -1.29. The van der Waals surface area contributed by atoms with Crippen LogP contribution in [0, 0.1) is 0 Å². The van der Waals surface area contributed by atoms with E-state index in [4.69, 9.17) is 5.73 Å². The number of hydrogen-bond acceptors (Lipinski definition) is 5. The predicted molar refractivity (Wildman–Crippen MR) is 73.3 cm³/mol. The third-order valence-corrected chi connectivity index (χ3v) is 5.14. The lowest BCUT2D eigenvalue weighted by Gasteiger charge is -2.27. The molecule has 1 aromatic rings. The molecule has 0 aliphatic carbocycles. The van der Waals surface area contributed by atoms with Crippen molar-refractivity contribution in [2.45, 2.75) is 12.5 Å². The Balaban J connectivity index is 2.34. The summed E-state index contributed by atoms with van der Waals surface area (Å²) >= 11 is 0. The van der Waals surface area contributed by atoms with E-state index in [2.05, 4.69) is 0 Å². The van der Waals surface area contributed by atoms with E-state index in [9.17, 15) is 18.3 Å². The minimum atomic E-state index is -3.00. The third-order valence-electron chi connectivity index (χ3n) is 3.39. The van der Waals surface area contributed by atoms with Gasteiger partial charge in [0.1, 0.15) is 0 Å². The number of anilines is 2. The van der Waals surface area contributed by atoms with Gasteiger partial charge in [0.05, 0.1) is 22.8 Å². The highest BCUT2D eigenvalue weighted by atomic mass is 32.2. The van der Waals surface area contributed by atoms with Gasteiger partial charge in [-0.1, -0.05) is 0 Å². The second-order valence-electron chi connectivity index (χ2n) is 4.75. The molecule has 0 radical (unpaired) electrons. The summed E-state index contributed by atoms with van der Waals surface area (Å²) in [6.07, 6.45) is 0.516. The topological polar surface area (TPSA) is 101 Å². The van der Waals surface area contributed by atoms with Crippen molar-refractivity contribution in [2.75, 3.05) is 29.2 Å². The van der Waals surface area contributed by atoms with Gasteiger partial charge in [0, 0.05) is 18.8 Å². The minimum Gasteiger partial charge on any atom is -0.478 e. The fraction of sp³-hybridized carbons (Fsp3) is 0.417. The zero-order valence-corrected chi connectivity index (χ0v) is 11.4. The summed E-state index contributed by atoms with van der Waals surface area (Å²) in [4.78, 5) is 12.9. The Labute approximate surface area is 111 Å². The number of sulfone groups is 1. The number of nitrogens with two attached hydrogens (primary N) is 1. The first-order valence-electron chi connectivity index (χ1n) is 5.86. The third kappa shape index (κ3) is 2.81. The monoisotopic (exact) mass is 284 g/mol. The molecule has 2 rings (SSSR count). The lowest BCUT2D eigenvalue weighted by molar-refractivity contribution is 0.0697. The van der Waals surface area contributed by atoms with Crippen LogP contribution in [-0.2, 0) is 9.84 Å². The van der Waals surface area contributed by atoms with Crippen LogP contribution in [0.2, 0.25) is 0 Å². The van der Waals surface area contributed by atoms with Crippen molar-refractivity contribution in [3.05, 3.63) is 23.8 Å². The van der Waals surface area contributed by atoms with Crippen molar-refractivity contribution in [1.82, 2.24) is 0 Å². The van der Waals surface area contributed by atoms with Gasteiger partial charge in [0.15, 0.2) is 9.84 Å². The Morgan fingerprint density at radius 2 is 2.16 bits per heavy atom. The molecule has 1 aliphatic rings. The van der Waals surface area contributed by atoms with E-state index in [0.29, 0.717) is 17.8 Å². The number of carbonyl (C=O) groups is 1. The van der Waals surface area contributed by atoms with Crippen molar-refractivity contribution >= 4 is 27.2 Å². The molecule has 1 unspecified atom stereocenters. The number of aromatic carboxylic acids is 1. The van der Waals surface area contributed by atoms with Gasteiger partial charge in [-0.2, -0.15) is 0 Å². The quantitative estimate of drug-likeness (QED) is 0.788.